The molecule has 1 aliphatic rings. The summed E-state index contributed by atoms with van der Waals surface area (Å²) in [7, 11) is 1.97. The molecule has 2 rings (SSSR count). The first kappa shape index (κ1) is 13.3. The van der Waals surface area contributed by atoms with E-state index >= 15 is 0 Å². The van der Waals surface area contributed by atoms with Gasteiger partial charge in [-0.15, -0.1) is 0 Å². The molecular weight excluding hydrogens is 250 g/mol. The number of hydrogen-bond donors (Lipinski definition) is 2. The summed E-state index contributed by atoms with van der Waals surface area (Å²) < 4.78 is 0. The number of amides is 1. The standard InChI is InChI=1S/C13H18ClN3O/c1-9-3-4-10(14)7-11(9)16-13(18)12-8-15-5-6-17(12)2/h3-4,7,12,15H,5-6,8H2,1-2H3,(H,16,18). The lowest BCUT2D eigenvalue weighted by atomic mass is 10.1. The highest BCUT2D eigenvalue weighted by atomic mass is 35.5. The van der Waals surface area contributed by atoms with Gasteiger partial charge in [0, 0.05) is 30.3 Å². The van der Waals surface area contributed by atoms with Gasteiger partial charge in [-0.1, -0.05) is 17.7 Å². The lowest BCUT2D eigenvalue weighted by molar-refractivity contribution is -0.121. The van der Waals surface area contributed by atoms with Crippen molar-refractivity contribution in [3.63, 3.8) is 0 Å². The van der Waals surface area contributed by atoms with Crippen molar-refractivity contribution in [2.24, 2.45) is 0 Å². The minimum Gasteiger partial charge on any atom is -0.324 e. The van der Waals surface area contributed by atoms with Crippen molar-refractivity contribution in [1.82, 2.24) is 10.2 Å². The molecular formula is C13H18ClN3O. The highest BCUT2D eigenvalue weighted by molar-refractivity contribution is 6.31. The Balaban J connectivity index is 2.08. The zero-order valence-corrected chi connectivity index (χ0v) is 11.4. The molecule has 4 nitrogen and oxygen atoms in total. The largest absolute Gasteiger partial charge is 0.324 e. The number of hydrogen-bond acceptors (Lipinski definition) is 3. The Bertz CT molecular complexity index is 450. The minimum atomic E-state index is -0.128. The van der Waals surface area contributed by atoms with Crippen LogP contribution in [0.2, 0.25) is 5.02 Å². The van der Waals surface area contributed by atoms with Crippen LogP contribution in [0, 0.1) is 6.92 Å². The normalized spacial score (nSPS) is 20.7. The van der Waals surface area contributed by atoms with Crippen molar-refractivity contribution in [3.8, 4) is 0 Å². The minimum absolute atomic E-state index is 0.00932. The van der Waals surface area contributed by atoms with Crippen molar-refractivity contribution in [2.45, 2.75) is 13.0 Å². The van der Waals surface area contributed by atoms with E-state index < -0.39 is 0 Å². The summed E-state index contributed by atoms with van der Waals surface area (Å²) in [5.74, 6) is 0.00932. The maximum Gasteiger partial charge on any atom is 0.243 e. The van der Waals surface area contributed by atoms with E-state index in [1.54, 1.807) is 6.07 Å². The number of carbonyl (C=O) groups is 1. The van der Waals surface area contributed by atoms with Crippen LogP contribution in [0.5, 0.6) is 0 Å². The molecule has 2 N–H and O–H groups in total. The van der Waals surface area contributed by atoms with Crippen LogP contribution in [0.3, 0.4) is 0 Å². The lowest BCUT2D eigenvalue weighted by Crippen LogP contribution is -2.54. The topological polar surface area (TPSA) is 44.4 Å². The maximum atomic E-state index is 12.2. The third-order valence-electron chi connectivity index (χ3n) is 3.27. The van der Waals surface area contributed by atoms with Crippen molar-refractivity contribution in [3.05, 3.63) is 28.8 Å². The van der Waals surface area contributed by atoms with Crippen LogP contribution in [-0.4, -0.2) is 43.5 Å². The Morgan fingerprint density at radius 3 is 3.06 bits per heavy atom. The van der Waals surface area contributed by atoms with E-state index in [1.807, 2.05) is 26.1 Å². The second kappa shape index (κ2) is 5.69. The fourth-order valence-corrected chi connectivity index (χ4v) is 2.22. The summed E-state index contributed by atoms with van der Waals surface area (Å²) in [6.45, 7) is 4.44. The number of nitrogens with one attached hydrogen (secondary N) is 2. The van der Waals surface area contributed by atoms with Crippen LogP contribution in [0.15, 0.2) is 18.2 Å². The first-order chi connectivity index (χ1) is 8.58. The molecule has 1 unspecified atom stereocenters. The van der Waals surface area contributed by atoms with E-state index in [4.69, 9.17) is 11.6 Å². The van der Waals surface area contributed by atoms with Crippen LogP contribution < -0.4 is 10.6 Å². The molecule has 0 bridgehead atoms. The lowest BCUT2D eigenvalue weighted by Gasteiger charge is -2.32. The highest BCUT2D eigenvalue weighted by Crippen LogP contribution is 2.20. The van der Waals surface area contributed by atoms with E-state index in [2.05, 4.69) is 15.5 Å². The Morgan fingerprint density at radius 2 is 2.33 bits per heavy atom. The Morgan fingerprint density at radius 1 is 1.56 bits per heavy atom. The molecule has 1 saturated heterocycles. The quantitative estimate of drug-likeness (QED) is 0.853. The molecule has 1 aliphatic heterocycles. The predicted octanol–water partition coefficient (Wildman–Crippen LogP) is 1.49. The van der Waals surface area contributed by atoms with E-state index in [1.165, 1.54) is 0 Å². The average Bonchev–Trinajstić information content (AvgIpc) is 2.34. The van der Waals surface area contributed by atoms with Crippen LogP contribution in [0.1, 0.15) is 5.56 Å². The predicted molar refractivity (Wildman–Crippen MR) is 74.1 cm³/mol. The molecule has 0 radical (unpaired) electrons. The summed E-state index contributed by atoms with van der Waals surface area (Å²) in [6.07, 6.45) is 0. The summed E-state index contributed by atoms with van der Waals surface area (Å²) in [4.78, 5) is 14.3. The zero-order valence-electron chi connectivity index (χ0n) is 10.7. The van der Waals surface area contributed by atoms with E-state index in [0.29, 0.717) is 11.6 Å². The van der Waals surface area contributed by atoms with Crippen molar-refractivity contribution < 1.29 is 4.79 Å². The smallest absolute Gasteiger partial charge is 0.243 e. The van der Waals surface area contributed by atoms with E-state index in [-0.39, 0.29) is 11.9 Å². The van der Waals surface area contributed by atoms with Gasteiger partial charge < -0.3 is 10.6 Å². The highest BCUT2D eigenvalue weighted by Gasteiger charge is 2.25. The average molecular weight is 268 g/mol. The van der Waals surface area contributed by atoms with Gasteiger partial charge in [-0.2, -0.15) is 0 Å². The Labute approximate surface area is 112 Å². The molecule has 0 saturated carbocycles. The summed E-state index contributed by atoms with van der Waals surface area (Å²) >= 11 is 5.94. The number of benzene rings is 1. The van der Waals surface area contributed by atoms with Gasteiger partial charge in [0.2, 0.25) is 5.91 Å². The van der Waals surface area contributed by atoms with Gasteiger partial charge in [0.1, 0.15) is 6.04 Å². The van der Waals surface area contributed by atoms with Crippen molar-refractivity contribution in [1.29, 1.82) is 0 Å². The summed E-state index contributed by atoms with van der Waals surface area (Å²) in [6, 6.07) is 5.38. The van der Waals surface area contributed by atoms with Crippen LogP contribution >= 0.6 is 11.6 Å². The van der Waals surface area contributed by atoms with Gasteiger partial charge in [0.05, 0.1) is 0 Å². The molecule has 1 amide bonds. The number of halogens is 1. The number of carbonyl (C=O) groups excluding carboxylic acids is 1. The number of aryl methyl sites for hydroxylation is 1. The molecule has 98 valence electrons. The molecule has 0 aliphatic carbocycles. The molecule has 1 aromatic carbocycles. The molecule has 0 aromatic heterocycles. The van der Waals surface area contributed by atoms with Gasteiger partial charge in [0.25, 0.3) is 0 Å². The molecule has 18 heavy (non-hydrogen) atoms. The van der Waals surface area contributed by atoms with Crippen LogP contribution in [0.25, 0.3) is 0 Å². The second-order valence-corrected chi connectivity index (χ2v) is 5.09. The van der Waals surface area contributed by atoms with Gasteiger partial charge in [-0.25, -0.2) is 0 Å². The number of nitrogens with zero attached hydrogens (tertiary/aromatic N) is 1. The molecule has 1 fully saturated rings. The Kier molecular flexibility index (Phi) is 4.22. The third kappa shape index (κ3) is 3.02. The fourth-order valence-electron chi connectivity index (χ4n) is 2.04. The number of piperazine rings is 1. The summed E-state index contributed by atoms with van der Waals surface area (Å²) in [5.41, 5.74) is 1.80. The van der Waals surface area contributed by atoms with Crippen LogP contribution in [0.4, 0.5) is 5.69 Å². The Hall–Kier alpha value is -1.10. The molecule has 5 heteroatoms. The summed E-state index contributed by atoms with van der Waals surface area (Å²) in [5, 5.41) is 6.81. The number of likely N-dealkylation sites (N-methyl/N-ethyl adjacent to an activating group) is 1. The number of anilines is 1. The van der Waals surface area contributed by atoms with Gasteiger partial charge in [-0.05, 0) is 31.7 Å². The second-order valence-electron chi connectivity index (χ2n) is 4.65. The fraction of sp³-hybridized carbons (Fsp3) is 0.462. The van der Waals surface area contributed by atoms with E-state index in [0.717, 1.165) is 24.3 Å². The monoisotopic (exact) mass is 267 g/mol. The first-order valence-corrected chi connectivity index (χ1v) is 6.43. The third-order valence-corrected chi connectivity index (χ3v) is 3.51. The number of rotatable bonds is 2. The van der Waals surface area contributed by atoms with Gasteiger partial charge in [-0.3, -0.25) is 9.69 Å². The van der Waals surface area contributed by atoms with Gasteiger partial charge >= 0.3 is 0 Å². The zero-order chi connectivity index (χ0) is 13.1. The van der Waals surface area contributed by atoms with E-state index in [9.17, 15) is 4.79 Å². The molecule has 0 spiro atoms. The first-order valence-electron chi connectivity index (χ1n) is 6.06. The van der Waals surface area contributed by atoms with Crippen molar-refractivity contribution >= 4 is 23.2 Å². The SMILES string of the molecule is Cc1ccc(Cl)cc1NC(=O)C1CNCCN1C. The maximum absolute atomic E-state index is 12.2. The van der Waals surface area contributed by atoms with Crippen LogP contribution in [-0.2, 0) is 4.79 Å². The molecule has 1 atom stereocenters. The van der Waals surface area contributed by atoms with Gasteiger partial charge in [0.15, 0.2) is 0 Å². The molecule has 1 heterocycles. The molecule has 1 aromatic rings. The van der Waals surface area contributed by atoms with Crippen molar-refractivity contribution in [2.75, 3.05) is 32.0 Å².